The van der Waals surface area contributed by atoms with Crippen molar-refractivity contribution >= 4 is 43.9 Å². The molecule has 1 aliphatic carbocycles. The number of hydrogen-bond donors (Lipinski definition) is 1. The third-order valence-corrected chi connectivity index (χ3v) is 7.21. The van der Waals surface area contributed by atoms with Gasteiger partial charge in [-0.1, -0.05) is 11.6 Å². The van der Waals surface area contributed by atoms with E-state index in [2.05, 4.69) is 9.71 Å². The highest BCUT2D eigenvalue weighted by Gasteiger charge is 2.31. The van der Waals surface area contributed by atoms with Gasteiger partial charge in [-0.2, -0.15) is 8.42 Å². The van der Waals surface area contributed by atoms with E-state index < -0.39 is 16.0 Å². The highest BCUT2D eigenvalue weighted by Crippen LogP contribution is 2.40. The van der Waals surface area contributed by atoms with Crippen molar-refractivity contribution in [2.75, 3.05) is 4.72 Å². The molecule has 0 amide bonds. The first-order chi connectivity index (χ1) is 12.2. The molecule has 0 saturated heterocycles. The molecule has 0 aliphatic heterocycles. The molecule has 26 heavy (non-hydrogen) atoms. The van der Waals surface area contributed by atoms with E-state index in [0.717, 1.165) is 36.1 Å². The lowest BCUT2D eigenvalue weighted by Crippen LogP contribution is -2.18. The minimum absolute atomic E-state index is 0.00475. The summed E-state index contributed by atoms with van der Waals surface area (Å²) in [6, 6.07) is 0. The summed E-state index contributed by atoms with van der Waals surface area (Å²) in [5.41, 5.74) is 1.20. The van der Waals surface area contributed by atoms with Gasteiger partial charge in [0, 0.05) is 11.9 Å². The van der Waals surface area contributed by atoms with Gasteiger partial charge in [0.25, 0.3) is 10.0 Å². The molecule has 0 aromatic carbocycles. The molecule has 142 valence electrons. The second-order valence-corrected chi connectivity index (χ2v) is 9.49. The monoisotopic (exact) mass is 417 g/mol. The number of imidazole rings is 1. The summed E-state index contributed by atoms with van der Waals surface area (Å²) < 4.78 is 34.7. The fourth-order valence-corrected chi connectivity index (χ4v) is 5.89. The van der Waals surface area contributed by atoms with E-state index in [-0.39, 0.29) is 21.3 Å². The summed E-state index contributed by atoms with van der Waals surface area (Å²) >= 11 is 7.31. The van der Waals surface area contributed by atoms with Crippen molar-refractivity contribution in [1.29, 1.82) is 0 Å². The molecule has 2 aromatic rings. The molecule has 0 radical (unpaired) electrons. The highest BCUT2D eigenvalue weighted by molar-refractivity contribution is 7.93. The Bertz CT molecular complexity index is 947. The molecule has 0 spiro atoms. The second-order valence-electron chi connectivity index (χ2n) is 6.43. The van der Waals surface area contributed by atoms with Gasteiger partial charge in [-0.3, -0.25) is 4.72 Å². The molecule has 7 nitrogen and oxygen atoms in total. The second kappa shape index (κ2) is 7.21. The molecule has 0 bridgehead atoms. The van der Waals surface area contributed by atoms with Crippen molar-refractivity contribution in [3.05, 3.63) is 27.5 Å². The Morgan fingerprint density at radius 3 is 2.69 bits per heavy atom. The third-order valence-electron chi connectivity index (χ3n) is 4.03. The van der Waals surface area contributed by atoms with Crippen LogP contribution in [0.4, 0.5) is 5.00 Å². The molecule has 10 heteroatoms. The zero-order valence-corrected chi connectivity index (χ0v) is 17.1. The van der Waals surface area contributed by atoms with Gasteiger partial charge in [0.05, 0.1) is 18.0 Å². The van der Waals surface area contributed by atoms with Crippen LogP contribution in [0.3, 0.4) is 0 Å². The van der Waals surface area contributed by atoms with Crippen molar-refractivity contribution in [2.45, 2.75) is 50.7 Å². The lowest BCUT2D eigenvalue weighted by Gasteiger charge is -2.14. The van der Waals surface area contributed by atoms with Crippen LogP contribution in [0.5, 0.6) is 0 Å². The minimum atomic E-state index is -4.02. The predicted octanol–water partition coefficient (Wildman–Crippen LogP) is 3.38. The molecular weight excluding hydrogens is 398 g/mol. The predicted molar refractivity (Wildman–Crippen MR) is 101 cm³/mol. The average Bonchev–Trinajstić information content (AvgIpc) is 3.06. The maximum Gasteiger partial charge on any atom is 0.341 e. The molecule has 0 saturated carbocycles. The fourth-order valence-electron chi connectivity index (χ4n) is 2.87. The van der Waals surface area contributed by atoms with Gasteiger partial charge in [0.15, 0.2) is 0 Å². The quantitative estimate of drug-likeness (QED) is 0.753. The Morgan fingerprint density at radius 1 is 1.38 bits per heavy atom. The first-order valence-corrected chi connectivity index (χ1v) is 10.9. The van der Waals surface area contributed by atoms with Gasteiger partial charge in [-0.25, -0.2) is 9.78 Å². The Hall–Kier alpha value is -1.58. The van der Waals surface area contributed by atoms with Gasteiger partial charge in [-0.05, 0) is 45.1 Å². The van der Waals surface area contributed by atoms with Crippen LogP contribution in [-0.2, 0) is 34.6 Å². The summed E-state index contributed by atoms with van der Waals surface area (Å²) in [6.07, 6.45) is 4.57. The Balaban J connectivity index is 2.03. The normalized spacial score (nSPS) is 14.3. The molecule has 1 aliphatic rings. The lowest BCUT2D eigenvalue weighted by atomic mass is 9.95. The van der Waals surface area contributed by atoms with Crippen LogP contribution in [-0.4, -0.2) is 30.0 Å². The summed E-state index contributed by atoms with van der Waals surface area (Å²) in [5, 5.41) is 0.00520. The largest absolute Gasteiger partial charge is 0.459 e. The van der Waals surface area contributed by atoms with Gasteiger partial charge in [-0.15, -0.1) is 11.3 Å². The third kappa shape index (κ3) is 3.60. The number of sulfonamides is 1. The number of aromatic nitrogens is 2. The Labute approximate surface area is 161 Å². The van der Waals surface area contributed by atoms with Gasteiger partial charge < -0.3 is 9.30 Å². The smallest absolute Gasteiger partial charge is 0.341 e. The van der Waals surface area contributed by atoms with E-state index in [0.29, 0.717) is 5.56 Å². The van der Waals surface area contributed by atoms with Crippen LogP contribution in [0.2, 0.25) is 5.15 Å². The SMILES string of the molecule is CC(C)OC(=O)c1c(NS(=O)(=O)c2ncn(C)c2Cl)sc2c1CCCC2. The van der Waals surface area contributed by atoms with E-state index in [1.165, 1.54) is 22.2 Å². The van der Waals surface area contributed by atoms with Crippen LogP contribution in [0, 0.1) is 0 Å². The fraction of sp³-hybridized carbons (Fsp3) is 0.500. The molecule has 2 aromatic heterocycles. The molecular formula is C16H20ClN3O4S2. The summed E-state index contributed by atoms with van der Waals surface area (Å²) in [7, 11) is -2.42. The van der Waals surface area contributed by atoms with Crippen LogP contribution >= 0.6 is 22.9 Å². The first-order valence-electron chi connectivity index (χ1n) is 8.26. The molecule has 2 heterocycles. The molecule has 0 atom stereocenters. The van der Waals surface area contributed by atoms with Gasteiger partial charge >= 0.3 is 5.97 Å². The number of aryl methyl sites for hydroxylation is 2. The highest BCUT2D eigenvalue weighted by atomic mass is 35.5. The molecule has 0 fully saturated rings. The van der Waals surface area contributed by atoms with Crippen molar-refractivity contribution in [2.24, 2.45) is 7.05 Å². The first kappa shape index (κ1) is 19.2. The summed E-state index contributed by atoms with van der Waals surface area (Å²) in [6.45, 7) is 3.52. The Morgan fingerprint density at radius 2 is 2.08 bits per heavy atom. The number of hydrogen-bond acceptors (Lipinski definition) is 6. The Kier molecular flexibility index (Phi) is 5.32. The van der Waals surface area contributed by atoms with E-state index in [9.17, 15) is 13.2 Å². The number of nitrogens with one attached hydrogen (secondary N) is 1. The number of esters is 1. The minimum Gasteiger partial charge on any atom is -0.459 e. The van der Waals surface area contributed by atoms with Crippen molar-refractivity contribution in [3.63, 3.8) is 0 Å². The van der Waals surface area contributed by atoms with Crippen LogP contribution in [0.1, 0.15) is 47.5 Å². The number of anilines is 1. The average molecular weight is 418 g/mol. The number of ether oxygens (including phenoxy) is 1. The van der Waals surface area contributed by atoms with Crippen LogP contribution in [0.25, 0.3) is 0 Å². The van der Waals surface area contributed by atoms with Crippen molar-refractivity contribution in [3.8, 4) is 0 Å². The number of thiophene rings is 1. The summed E-state index contributed by atoms with van der Waals surface area (Å²) in [5.74, 6) is -0.510. The maximum absolute atomic E-state index is 12.7. The van der Waals surface area contributed by atoms with E-state index >= 15 is 0 Å². The van der Waals surface area contributed by atoms with Gasteiger partial charge in [0.1, 0.15) is 10.2 Å². The van der Waals surface area contributed by atoms with Crippen LogP contribution in [0.15, 0.2) is 11.4 Å². The van der Waals surface area contributed by atoms with Crippen LogP contribution < -0.4 is 4.72 Å². The lowest BCUT2D eigenvalue weighted by molar-refractivity contribution is 0.0378. The number of rotatable bonds is 5. The molecule has 3 rings (SSSR count). The number of carbonyl (C=O) groups excluding carboxylic acids is 1. The van der Waals surface area contributed by atoms with Gasteiger partial charge in [0.2, 0.25) is 5.03 Å². The zero-order chi connectivity index (χ0) is 19.1. The molecule has 0 unspecified atom stereocenters. The molecule has 1 N–H and O–H groups in total. The number of fused-ring (bicyclic) bond motifs is 1. The topological polar surface area (TPSA) is 90.3 Å². The van der Waals surface area contributed by atoms with E-state index in [4.69, 9.17) is 16.3 Å². The van der Waals surface area contributed by atoms with Crippen molar-refractivity contribution in [1.82, 2.24) is 9.55 Å². The van der Waals surface area contributed by atoms with Crippen molar-refractivity contribution < 1.29 is 17.9 Å². The number of carbonyl (C=O) groups is 1. The summed E-state index contributed by atoms with van der Waals surface area (Å²) in [4.78, 5) is 17.5. The standard InChI is InChI=1S/C16H20ClN3O4S2/c1-9(2)24-16(21)12-10-6-4-5-7-11(10)25-14(12)19-26(22,23)15-13(17)20(3)8-18-15/h8-9,19H,4-7H2,1-3H3. The van der Waals surface area contributed by atoms with E-state index in [1.54, 1.807) is 20.9 Å². The number of halogens is 1. The van der Waals surface area contributed by atoms with E-state index in [1.807, 2.05) is 0 Å². The zero-order valence-electron chi connectivity index (χ0n) is 14.7. The maximum atomic E-state index is 12.7. The number of nitrogens with zero attached hydrogens (tertiary/aromatic N) is 2.